The molecule has 2 rings (SSSR count). The van der Waals surface area contributed by atoms with Gasteiger partial charge < -0.3 is 4.57 Å². The number of aromatic nitrogens is 1. The molecule has 0 atom stereocenters. The summed E-state index contributed by atoms with van der Waals surface area (Å²) in [6.07, 6.45) is 4.73. The largest absolute Gasteiger partial charge is 0.347 e. The van der Waals surface area contributed by atoms with E-state index in [2.05, 4.69) is 55.8 Å². The second kappa shape index (κ2) is 4.73. The molecular formula is C15H21N. The van der Waals surface area contributed by atoms with Crippen molar-refractivity contribution in [2.24, 2.45) is 0 Å². The summed E-state index contributed by atoms with van der Waals surface area (Å²) in [5.41, 5.74) is 2.80. The molecule has 2 aromatic rings. The van der Waals surface area contributed by atoms with E-state index in [0.29, 0.717) is 5.92 Å². The molecule has 0 N–H and O–H groups in total. The fraction of sp³-hybridized carbons (Fsp3) is 0.467. The van der Waals surface area contributed by atoms with E-state index in [0.717, 1.165) is 6.54 Å². The third-order valence-electron chi connectivity index (χ3n) is 3.21. The summed E-state index contributed by atoms with van der Waals surface area (Å²) >= 11 is 0. The van der Waals surface area contributed by atoms with Crippen molar-refractivity contribution in [3.8, 4) is 0 Å². The molecule has 1 aromatic heterocycles. The Morgan fingerprint density at radius 3 is 2.69 bits per heavy atom. The molecule has 0 saturated carbocycles. The number of fused-ring (bicyclic) bond motifs is 1. The van der Waals surface area contributed by atoms with E-state index in [9.17, 15) is 0 Å². The van der Waals surface area contributed by atoms with Crippen LogP contribution in [0.25, 0.3) is 10.9 Å². The Bertz CT molecular complexity index is 465. The van der Waals surface area contributed by atoms with Crippen LogP contribution in [0.1, 0.15) is 45.1 Å². The van der Waals surface area contributed by atoms with Crippen LogP contribution in [-0.2, 0) is 6.54 Å². The molecule has 1 heterocycles. The molecule has 0 unspecified atom stereocenters. The Morgan fingerprint density at radius 2 is 2.00 bits per heavy atom. The lowest BCUT2D eigenvalue weighted by Crippen LogP contribution is -1.95. The van der Waals surface area contributed by atoms with Gasteiger partial charge in [0.2, 0.25) is 0 Å². The summed E-state index contributed by atoms with van der Waals surface area (Å²) in [4.78, 5) is 0. The van der Waals surface area contributed by atoms with E-state index in [1.807, 2.05) is 0 Å². The molecule has 0 fully saturated rings. The summed E-state index contributed by atoms with van der Waals surface area (Å²) in [5, 5.41) is 1.38. The van der Waals surface area contributed by atoms with Crippen molar-refractivity contribution in [2.45, 2.75) is 46.1 Å². The Labute approximate surface area is 98.1 Å². The van der Waals surface area contributed by atoms with Gasteiger partial charge in [0.25, 0.3) is 0 Å². The van der Waals surface area contributed by atoms with Crippen molar-refractivity contribution in [2.75, 3.05) is 0 Å². The topological polar surface area (TPSA) is 4.93 Å². The third-order valence-corrected chi connectivity index (χ3v) is 3.21. The highest BCUT2D eigenvalue weighted by Gasteiger charge is 2.03. The monoisotopic (exact) mass is 215 g/mol. The molecule has 86 valence electrons. The van der Waals surface area contributed by atoms with Crippen molar-refractivity contribution < 1.29 is 0 Å². The van der Waals surface area contributed by atoms with Gasteiger partial charge in [-0.2, -0.15) is 0 Å². The van der Waals surface area contributed by atoms with Crippen LogP contribution in [0.4, 0.5) is 0 Å². The summed E-state index contributed by atoms with van der Waals surface area (Å²) in [6, 6.07) is 9.08. The Morgan fingerprint density at radius 1 is 1.19 bits per heavy atom. The maximum atomic E-state index is 2.36. The van der Waals surface area contributed by atoms with Crippen molar-refractivity contribution in [1.82, 2.24) is 4.57 Å². The second-order valence-electron chi connectivity index (χ2n) is 4.84. The van der Waals surface area contributed by atoms with E-state index >= 15 is 0 Å². The molecule has 0 spiro atoms. The SMILES string of the molecule is CCCCn1ccc2cc(C(C)C)ccc21. The van der Waals surface area contributed by atoms with Crippen LogP contribution in [0.5, 0.6) is 0 Å². The maximum Gasteiger partial charge on any atom is 0.0480 e. The minimum absolute atomic E-state index is 0.614. The van der Waals surface area contributed by atoms with Crippen molar-refractivity contribution in [3.63, 3.8) is 0 Å². The highest BCUT2D eigenvalue weighted by Crippen LogP contribution is 2.22. The fourth-order valence-corrected chi connectivity index (χ4v) is 2.10. The van der Waals surface area contributed by atoms with Crippen molar-refractivity contribution in [1.29, 1.82) is 0 Å². The minimum atomic E-state index is 0.614. The zero-order valence-electron chi connectivity index (χ0n) is 10.5. The first-order chi connectivity index (χ1) is 7.72. The van der Waals surface area contributed by atoms with E-state index < -0.39 is 0 Å². The lowest BCUT2D eigenvalue weighted by atomic mass is 10.0. The molecule has 1 aromatic carbocycles. The van der Waals surface area contributed by atoms with Gasteiger partial charge in [-0.1, -0.05) is 33.3 Å². The zero-order valence-corrected chi connectivity index (χ0v) is 10.5. The fourth-order valence-electron chi connectivity index (χ4n) is 2.10. The first-order valence-electron chi connectivity index (χ1n) is 6.31. The van der Waals surface area contributed by atoms with Gasteiger partial charge in [-0.15, -0.1) is 0 Å². The summed E-state index contributed by atoms with van der Waals surface area (Å²) in [6.45, 7) is 7.87. The molecule has 0 saturated heterocycles. The average molecular weight is 215 g/mol. The highest BCUT2D eigenvalue weighted by molar-refractivity contribution is 5.81. The van der Waals surface area contributed by atoms with E-state index in [1.54, 1.807) is 0 Å². The third kappa shape index (κ3) is 2.13. The number of rotatable bonds is 4. The van der Waals surface area contributed by atoms with E-state index in [4.69, 9.17) is 0 Å². The molecule has 0 bridgehead atoms. The van der Waals surface area contributed by atoms with Gasteiger partial charge in [0.15, 0.2) is 0 Å². The number of hydrogen-bond acceptors (Lipinski definition) is 0. The van der Waals surface area contributed by atoms with Crippen LogP contribution < -0.4 is 0 Å². The molecule has 0 aliphatic carbocycles. The molecule has 0 radical (unpaired) electrons. The van der Waals surface area contributed by atoms with Crippen molar-refractivity contribution >= 4 is 10.9 Å². The minimum Gasteiger partial charge on any atom is -0.347 e. The molecule has 1 heteroatoms. The van der Waals surface area contributed by atoms with Crippen LogP contribution >= 0.6 is 0 Å². The standard InChI is InChI=1S/C15H21N/c1-4-5-9-16-10-8-14-11-13(12(2)3)6-7-15(14)16/h6-8,10-12H,4-5,9H2,1-3H3. The van der Waals surface area contributed by atoms with Gasteiger partial charge in [-0.05, 0) is 41.5 Å². The number of unbranched alkanes of at least 4 members (excludes halogenated alkanes) is 1. The number of benzene rings is 1. The smallest absolute Gasteiger partial charge is 0.0480 e. The highest BCUT2D eigenvalue weighted by atomic mass is 14.9. The Hall–Kier alpha value is -1.24. The van der Waals surface area contributed by atoms with Gasteiger partial charge in [0.05, 0.1) is 0 Å². The van der Waals surface area contributed by atoms with Gasteiger partial charge in [0.1, 0.15) is 0 Å². The number of hydrogen-bond donors (Lipinski definition) is 0. The first-order valence-corrected chi connectivity index (χ1v) is 6.31. The molecule has 0 aliphatic rings. The molecule has 16 heavy (non-hydrogen) atoms. The molecule has 1 nitrogen and oxygen atoms in total. The van der Waals surface area contributed by atoms with E-state index in [-0.39, 0.29) is 0 Å². The van der Waals surface area contributed by atoms with E-state index in [1.165, 1.54) is 29.3 Å². The first kappa shape index (κ1) is 11.3. The summed E-state index contributed by atoms with van der Waals surface area (Å²) < 4.78 is 2.36. The van der Waals surface area contributed by atoms with Crippen LogP contribution in [0.3, 0.4) is 0 Å². The lowest BCUT2D eigenvalue weighted by Gasteiger charge is -2.07. The van der Waals surface area contributed by atoms with Gasteiger partial charge in [-0.25, -0.2) is 0 Å². The van der Waals surface area contributed by atoms with Crippen LogP contribution in [0.2, 0.25) is 0 Å². The lowest BCUT2D eigenvalue weighted by molar-refractivity contribution is 0.650. The van der Waals surface area contributed by atoms with Crippen LogP contribution in [-0.4, -0.2) is 4.57 Å². The predicted molar refractivity (Wildman–Crippen MR) is 70.9 cm³/mol. The van der Waals surface area contributed by atoms with Crippen LogP contribution in [0.15, 0.2) is 30.5 Å². The molecule has 0 amide bonds. The Balaban J connectivity index is 2.35. The maximum absolute atomic E-state index is 2.36. The summed E-state index contributed by atoms with van der Waals surface area (Å²) in [7, 11) is 0. The van der Waals surface area contributed by atoms with Crippen molar-refractivity contribution in [3.05, 3.63) is 36.0 Å². The normalized spacial score (nSPS) is 11.5. The number of nitrogens with zero attached hydrogens (tertiary/aromatic N) is 1. The number of aryl methyl sites for hydroxylation is 1. The van der Waals surface area contributed by atoms with Gasteiger partial charge in [0, 0.05) is 18.3 Å². The molecule has 0 aliphatic heterocycles. The quantitative estimate of drug-likeness (QED) is 0.704. The molecular weight excluding hydrogens is 194 g/mol. The zero-order chi connectivity index (χ0) is 11.5. The van der Waals surface area contributed by atoms with Crippen LogP contribution in [0, 0.1) is 0 Å². The van der Waals surface area contributed by atoms with Gasteiger partial charge >= 0.3 is 0 Å². The average Bonchev–Trinajstić information content (AvgIpc) is 2.68. The second-order valence-corrected chi connectivity index (χ2v) is 4.84. The Kier molecular flexibility index (Phi) is 3.33. The summed E-state index contributed by atoms with van der Waals surface area (Å²) in [5.74, 6) is 0.614. The predicted octanol–water partition coefficient (Wildman–Crippen LogP) is 4.56. The van der Waals surface area contributed by atoms with Gasteiger partial charge in [-0.3, -0.25) is 0 Å².